The van der Waals surface area contributed by atoms with E-state index in [9.17, 15) is 8.42 Å². The van der Waals surface area contributed by atoms with E-state index in [0.29, 0.717) is 19.0 Å². The van der Waals surface area contributed by atoms with Crippen molar-refractivity contribution in [1.82, 2.24) is 9.62 Å². The molecule has 0 spiro atoms. The second-order valence-electron chi connectivity index (χ2n) is 4.67. The number of nitrogens with one attached hydrogen (secondary N) is 1. The molecule has 0 unspecified atom stereocenters. The van der Waals surface area contributed by atoms with Crippen LogP contribution < -0.4 is 5.32 Å². The first-order valence-corrected chi connectivity index (χ1v) is 7.71. The van der Waals surface area contributed by atoms with E-state index in [0.717, 1.165) is 12.1 Å². The molecule has 18 heavy (non-hydrogen) atoms. The summed E-state index contributed by atoms with van der Waals surface area (Å²) in [6.07, 6.45) is 3.73. The normalized spacial score (nSPS) is 12.5. The Morgan fingerprint density at radius 2 is 2.17 bits per heavy atom. The monoisotopic (exact) mass is 274 g/mol. The van der Waals surface area contributed by atoms with E-state index in [4.69, 9.17) is 4.42 Å². The van der Waals surface area contributed by atoms with E-state index in [1.54, 1.807) is 25.6 Å². The van der Waals surface area contributed by atoms with Crippen LogP contribution in [0, 0.1) is 0 Å². The van der Waals surface area contributed by atoms with Gasteiger partial charge in [0.05, 0.1) is 18.3 Å². The molecule has 1 aromatic heterocycles. The quantitative estimate of drug-likeness (QED) is 0.728. The molecule has 0 aliphatic carbocycles. The van der Waals surface area contributed by atoms with E-state index in [-0.39, 0.29) is 5.75 Å². The Labute approximate surface area is 109 Å². The Kier molecular flexibility index (Phi) is 5.84. The highest BCUT2D eigenvalue weighted by Crippen LogP contribution is 2.08. The average Bonchev–Trinajstić information content (AvgIpc) is 2.77. The summed E-state index contributed by atoms with van der Waals surface area (Å²) in [6, 6.07) is 2.16. The molecule has 0 bridgehead atoms. The number of hydrogen-bond donors (Lipinski definition) is 1. The smallest absolute Gasteiger partial charge is 0.214 e. The Morgan fingerprint density at radius 1 is 1.44 bits per heavy atom. The molecular formula is C12H22N2O3S. The van der Waals surface area contributed by atoms with Gasteiger partial charge in [-0.15, -0.1) is 0 Å². The van der Waals surface area contributed by atoms with Crippen LogP contribution in [0.15, 0.2) is 23.0 Å². The van der Waals surface area contributed by atoms with Crippen molar-refractivity contribution in [3.05, 3.63) is 24.2 Å². The lowest BCUT2D eigenvalue weighted by Crippen LogP contribution is -2.31. The minimum atomic E-state index is -3.18. The molecule has 1 heterocycles. The van der Waals surface area contributed by atoms with Gasteiger partial charge in [0.1, 0.15) is 0 Å². The predicted octanol–water partition coefficient (Wildman–Crippen LogP) is 1.43. The summed E-state index contributed by atoms with van der Waals surface area (Å²) >= 11 is 0. The molecule has 6 heteroatoms. The molecular weight excluding hydrogens is 252 g/mol. The highest BCUT2D eigenvalue weighted by atomic mass is 32.2. The van der Waals surface area contributed by atoms with Gasteiger partial charge in [-0.2, -0.15) is 0 Å². The van der Waals surface area contributed by atoms with Crippen LogP contribution in [0.1, 0.15) is 25.8 Å². The van der Waals surface area contributed by atoms with Gasteiger partial charge in [0.2, 0.25) is 10.0 Å². The van der Waals surface area contributed by atoms with Gasteiger partial charge in [-0.1, -0.05) is 13.8 Å². The summed E-state index contributed by atoms with van der Waals surface area (Å²) in [5.74, 6) is 0.168. The summed E-state index contributed by atoms with van der Waals surface area (Å²) in [4.78, 5) is 0. The largest absolute Gasteiger partial charge is 0.472 e. The van der Waals surface area contributed by atoms with Crippen molar-refractivity contribution < 1.29 is 12.8 Å². The molecule has 5 nitrogen and oxygen atoms in total. The number of hydrogen-bond acceptors (Lipinski definition) is 4. The third kappa shape index (κ3) is 5.20. The SMILES string of the molecule is CC(C)NCCCS(=O)(=O)N(C)Cc1ccoc1. The van der Waals surface area contributed by atoms with Crippen LogP contribution in [-0.4, -0.2) is 38.1 Å². The third-order valence-electron chi connectivity index (χ3n) is 2.59. The van der Waals surface area contributed by atoms with Gasteiger partial charge >= 0.3 is 0 Å². The van der Waals surface area contributed by atoms with Crippen LogP contribution in [0.25, 0.3) is 0 Å². The Balaban J connectivity index is 2.38. The minimum Gasteiger partial charge on any atom is -0.472 e. The summed E-state index contributed by atoms with van der Waals surface area (Å²) < 4.78 is 30.2. The first-order valence-electron chi connectivity index (χ1n) is 6.10. The van der Waals surface area contributed by atoms with E-state index in [2.05, 4.69) is 5.32 Å². The van der Waals surface area contributed by atoms with Gasteiger partial charge in [0.25, 0.3) is 0 Å². The van der Waals surface area contributed by atoms with Crippen LogP contribution in [0.4, 0.5) is 0 Å². The zero-order valence-electron chi connectivity index (χ0n) is 11.2. The Bertz CT molecular complexity index is 426. The van der Waals surface area contributed by atoms with Crippen LogP contribution >= 0.6 is 0 Å². The summed E-state index contributed by atoms with van der Waals surface area (Å²) in [5.41, 5.74) is 0.862. The Hall–Kier alpha value is -0.850. The van der Waals surface area contributed by atoms with Gasteiger partial charge in [-0.05, 0) is 19.0 Å². The van der Waals surface area contributed by atoms with Crippen molar-refractivity contribution in [3.63, 3.8) is 0 Å². The fraction of sp³-hybridized carbons (Fsp3) is 0.667. The molecule has 1 aromatic rings. The van der Waals surface area contributed by atoms with Crippen molar-refractivity contribution >= 4 is 10.0 Å². The highest BCUT2D eigenvalue weighted by Gasteiger charge is 2.17. The number of nitrogens with zero attached hydrogens (tertiary/aromatic N) is 1. The maximum atomic E-state index is 12.0. The molecule has 1 rings (SSSR count). The second kappa shape index (κ2) is 6.92. The lowest BCUT2D eigenvalue weighted by atomic mass is 10.3. The summed E-state index contributed by atoms with van der Waals surface area (Å²) in [6.45, 7) is 5.16. The van der Waals surface area contributed by atoms with Gasteiger partial charge in [-0.25, -0.2) is 12.7 Å². The molecule has 0 aliphatic rings. The molecule has 0 saturated carbocycles. The first-order chi connectivity index (χ1) is 8.42. The average molecular weight is 274 g/mol. The number of rotatable bonds is 8. The van der Waals surface area contributed by atoms with Crippen LogP contribution in [0.5, 0.6) is 0 Å². The third-order valence-corrected chi connectivity index (χ3v) is 4.48. The summed E-state index contributed by atoms with van der Waals surface area (Å²) in [5, 5.41) is 3.20. The zero-order chi connectivity index (χ0) is 13.6. The molecule has 1 N–H and O–H groups in total. The van der Waals surface area contributed by atoms with Crippen LogP contribution in [0.3, 0.4) is 0 Å². The van der Waals surface area contributed by atoms with Crippen LogP contribution in [0.2, 0.25) is 0 Å². The van der Waals surface area contributed by atoms with Crippen molar-refractivity contribution in [1.29, 1.82) is 0 Å². The maximum Gasteiger partial charge on any atom is 0.214 e. The maximum absolute atomic E-state index is 12.0. The highest BCUT2D eigenvalue weighted by molar-refractivity contribution is 7.89. The number of furan rings is 1. The van der Waals surface area contributed by atoms with Gasteiger partial charge in [0.15, 0.2) is 0 Å². The molecule has 104 valence electrons. The molecule has 0 radical (unpaired) electrons. The van der Waals surface area contributed by atoms with Crippen molar-refractivity contribution in [2.24, 2.45) is 0 Å². The van der Waals surface area contributed by atoms with E-state index < -0.39 is 10.0 Å². The van der Waals surface area contributed by atoms with Crippen LogP contribution in [-0.2, 0) is 16.6 Å². The first kappa shape index (κ1) is 15.2. The lowest BCUT2D eigenvalue weighted by molar-refractivity contribution is 0.460. The van der Waals surface area contributed by atoms with Gasteiger partial charge in [-0.3, -0.25) is 0 Å². The van der Waals surface area contributed by atoms with E-state index in [1.807, 2.05) is 13.8 Å². The predicted molar refractivity (Wildman–Crippen MR) is 71.7 cm³/mol. The standard InChI is InChI=1S/C12H22N2O3S/c1-11(2)13-6-4-8-18(15,16)14(3)9-12-5-7-17-10-12/h5,7,10-11,13H,4,6,8-9H2,1-3H3. The second-order valence-corrected chi connectivity index (χ2v) is 6.86. The molecule has 0 atom stereocenters. The lowest BCUT2D eigenvalue weighted by Gasteiger charge is -2.16. The van der Waals surface area contributed by atoms with Gasteiger partial charge in [0, 0.05) is 25.2 Å². The van der Waals surface area contributed by atoms with Crippen molar-refractivity contribution in [3.8, 4) is 0 Å². The van der Waals surface area contributed by atoms with Gasteiger partial charge < -0.3 is 9.73 Å². The molecule has 0 aliphatic heterocycles. The minimum absolute atomic E-state index is 0.168. The fourth-order valence-electron chi connectivity index (χ4n) is 1.54. The van der Waals surface area contributed by atoms with Crippen molar-refractivity contribution in [2.75, 3.05) is 19.3 Å². The van der Waals surface area contributed by atoms with Crippen molar-refractivity contribution in [2.45, 2.75) is 32.9 Å². The molecule has 0 amide bonds. The fourth-order valence-corrected chi connectivity index (χ4v) is 2.71. The summed E-state index contributed by atoms with van der Waals surface area (Å²) in [7, 11) is -1.59. The topological polar surface area (TPSA) is 62.6 Å². The van der Waals surface area contributed by atoms with E-state index in [1.165, 1.54) is 4.31 Å². The molecule has 0 saturated heterocycles. The zero-order valence-corrected chi connectivity index (χ0v) is 12.0. The Morgan fingerprint density at radius 3 is 2.72 bits per heavy atom. The molecule has 0 fully saturated rings. The number of sulfonamides is 1. The molecule has 0 aromatic carbocycles. The van der Waals surface area contributed by atoms with E-state index >= 15 is 0 Å².